The van der Waals surface area contributed by atoms with E-state index in [0.717, 1.165) is 30.8 Å². The molecular formula is C13H18FN5. The van der Waals surface area contributed by atoms with Gasteiger partial charge in [0.1, 0.15) is 5.82 Å². The molecule has 0 bridgehead atoms. The van der Waals surface area contributed by atoms with E-state index in [1.807, 2.05) is 0 Å². The Bertz CT molecular complexity index is 488. The number of nitrogens with two attached hydrogens (primary N) is 2. The summed E-state index contributed by atoms with van der Waals surface area (Å²) in [6.07, 6.45) is 3.95. The lowest BCUT2D eigenvalue weighted by Crippen LogP contribution is -2.21. The highest BCUT2D eigenvalue weighted by molar-refractivity contribution is 5.83. The second-order valence-electron chi connectivity index (χ2n) is 4.60. The largest absolute Gasteiger partial charge is 0.369 e. The van der Waals surface area contributed by atoms with E-state index in [0.29, 0.717) is 0 Å². The fourth-order valence-electron chi connectivity index (χ4n) is 2.18. The van der Waals surface area contributed by atoms with Crippen LogP contribution in [0.3, 0.4) is 0 Å². The number of rotatable bonds is 4. The quantitative estimate of drug-likeness (QED) is 0.483. The van der Waals surface area contributed by atoms with Gasteiger partial charge in [0.25, 0.3) is 0 Å². The third-order valence-corrected chi connectivity index (χ3v) is 3.07. The Morgan fingerprint density at radius 1 is 1.32 bits per heavy atom. The maximum atomic E-state index is 13.3. The molecule has 19 heavy (non-hydrogen) atoms. The van der Waals surface area contributed by atoms with E-state index in [4.69, 9.17) is 11.5 Å². The van der Waals surface area contributed by atoms with Crippen LogP contribution in [0.1, 0.15) is 24.0 Å². The molecule has 0 aliphatic carbocycles. The van der Waals surface area contributed by atoms with Gasteiger partial charge in [-0.3, -0.25) is 4.90 Å². The average Bonchev–Trinajstić information content (AvgIpc) is 2.84. The molecule has 1 fully saturated rings. The first-order valence-electron chi connectivity index (χ1n) is 6.28. The Hall–Kier alpha value is -1.95. The number of hydrogen-bond donors (Lipinski definition) is 2. The summed E-state index contributed by atoms with van der Waals surface area (Å²) in [5, 5.41) is 7.33. The van der Waals surface area contributed by atoms with Crippen LogP contribution in [0.25, 0.3) is 0 Å². The van der Waals surface area contributed by atoms with Crippen molar-refractivity contribution in [3.8, 4) is 0 Å². The molecule has 0 atom stereocenters. The third kappa shape index (κ3) is 4.03. The highest BCUT2D eigenvalue weighted by Gasteiger charge is 2.13. The van der Waals surface area contributed by atoms with Crippen LogP contribution < -0.4 is 11.5 Å². The molecule has 0 spiro atoms. The van der Waals surface area contributed by atoms with Crippen molar-refractivity contribution in [2.24, 2.45) is 21.7 Å². The molecule has 1 aliphatic rings. The number of guanidine groups is 1. The molecule has 1 heterocycles. The van der Waals surface area contributed by atoms with E-state index in [2.05, 4.69) is 15.1 Å². The molecule has 2 rings (SSSR count). The molecule has 6 heteroatoms. The normalized spacial score (nSPS) is 16.1. The Kier molecular flexibility index (Phi) is 4.46. The minimum Gasteiger partial charge on any atom is -0.369 e. The van der Waals surface area contributed by atoms with Crippen molar-refractivity contribution in [2.75, 3.05) is 13.1 Å². The van der Waals surface area contributed by atoms with Gasteiger partial charge >= 0.3 is 0 Å². The van der Waals surface area contributed by atoms with Crippen LogP contribution in [0.5, 0.6) is 0 Å². The number of benzene rings is 1. The Morgan fingerprint density at radius 3 is 2.74 bits per heavy atom. The monoisotopic (exact) mass is 263 g/mol. The number of likely N-dealkylation sites (tertiary alicyclic amines) is 1. The van der Waals surface area contributed by atoms with Gasteiger partial charge in [-0.1, -0.05) is 6.07 Å². The predicted octanol–water partition coefficient (Wildman–Crippen LogP) is 1.03. The van der Waals surface area contributed by atoms with Gasteiger partial charge in [-0.25, -0.2) is 4.39 Å². The molecule has 0 unspecified atom stereocenters. The first kappa shape index (κ1) is 13.5. The minimum atomic E-state index is -0.242. The van der Waals surface area contributed by atoms with E-state index >= 15 is 0 Å². The lowest BCUT2D eigenvalue weighted by Gasteiger charge is -2.16. The third-order valence-electron chi connectivity index (χ3n) is 3.07. The van der Waals surface area contributed by atoms with Crippen LogP contribution in [0.2, 0.25) is 0 Å². The van der Waals surface area contributed by atoms with Crippen molar-refractivity contribution >= 4 is 12.2 Å². The van der Waals surface area contributed by atoms with Gasteiger partial charge in [0, 0.05) is 6.54 Å². The highest BCUT2D eigenvalue weighted by atomic mass is 19.1. The van der Waals surface area contributed by atoms with Crippen LogP contribution >= 0.6 is 0 Å². The van der Waals surface area contributed by atoms with Crippen molar-refractivity contribution in [1.29, 1.82) is 0 Å². The van der Waals surface area contributed by atoms with Gasteiger partial charge in [0.05, 0.1) is 6.21 Å². The molecule has 4 N–H and O–H groups in total. The van der Waals surface area contributed by atoms with Crippen molar-refractivity contribution in [1.82, 2.24) is 4.90 Å². The lowest BCUT2D eigenvalue weighted by atomic mass is 10.1. The SMILES string of the molecule is NC(N)=NN=Cc1ccc(F)cc1CN1CCCC1. The molecule has 1 saturated heterocycles. The summed E-state index contributed by atoms with van der Waals surface area (Å²) in [5.41, 5.74) is 12.1. The Morgan fingerprint density at radius 2 is 2.05 bits per heavy atom. The smallest absolute Gasteiger partial charge is 0.211 e. The molecule has 1 aromatic rings. The van der Waals surface area contributed by atoms with Crippen molar-refractivity contribution in [3.63, 3.8) is 0 Å². The zero-order valence-electron chi connectivity index (χ0n) is 10.7. The number of halogens is 1. The molecule has 5 nitrogen and oxygen atoms in total. The van der Waals surface area contributed by atoms with Gasteiger partial charge in [-0.05, 0) is 49.2 Å². The summed E-state index contributed by atoms with van der Waals surface area (Å²) in [6, 6.07) is 4.63. The molecule has 0 aromatic heterocycles. The van der Waals surface area contributed by atoms with Crippen LogP contribution in [0, 0.1) is 5.82 Å². The molecule has 0 radical (unpaired) electrons. The predicted molar refractivity (Wildman–Crippen MR) is 74.3 cm³/mol. The summed E-state index contributed by atoms with van der Waals surface area (Å²) in [6.45, 7) is 2.84. The summed E-state index contributed by atoms with van der Waals surface area (Å²) in [5.74, 6) is -0.340. The average molecular weight is 263 g/mol. The molecule has 0 amide bonds. The van der Waals surface area contributed by atoms with Crippen molar-refractivity contribution in [2.45, 2.75) is 19.4 Å². The van der Waals surface area contributed by atoms with E-state index < -0.39 is 0 Å². The zero-order valence-corrected chi connectivity index (χ0v) is 10.7. The van der Waals surface area contributed by atoms with Crippen LogP contribution in [-0.4, -0.2) is 30.2 Å². The first-order chi connectivity index (χ1) is 9.15. The zero-order chi connectivity index (χ0) is 13.7. The van der Waals surface area contributed by atoms with E-state index in [-0.39, 0.29) is 11.8 Å². The van der Waals surface area contributed by atoms with Gasteiger partial charge < -0.3 is 11.5 Å². The molecular weight excluding hydrogens is 245 g/mol. The first-order valence-corrected chi connectivity index (χ1v) is 6.28. The molecule has 0 saturated carbocycles. The van der Waals surface area contributed by atoms with Gasteiger partial charge in [-0.2, -0.15) is 5.10 Å². The standard InChI is InChI=1S/C13H18FN5/c14-12-4-3-10(8-17-18-13(15)16)11(7-12)9-19-5-1-2-6-19/h3-4,7-8H,1-2,5-6,9H2,(H4,15,16,18). The fourth-order valence-corrected chi connectivity index (χ4v) is 2.18. The summed E-state index contributed by atoms with van der Waals surface area (Å²) >= 11 is 0. The number of hydrogen-bond acceptors (Lipinski definition) is 3. The second-order valence-corrected chi connectivity index (χ2v) is 4.60. The Labute approximate surface area is 111 Å². The van der Waals surface area contributed by atoms with E-state index in [1.165, 1.54) is 25.0 Å². The second kappa shape index (κ2) is 6.29. The van der Waals surface area contributed by atoms with Gasteiger partial charge in [-0.15, -0.1) is 5.10 Å². The minimum absolute atomic E-state index is 0.0977. The van der Waals surface area contributed by atoms with Crippen LogP contribution in [0.4, 0.5) is 4.39 Å². The molecule has 1 aromatic carbocycles. The summed E-state index contributed by atoms with van der Waals surface area (Å²) < 4.78 is 13.3. The molecule has 1 aliphatic heterocycles. The van der Waals surface area contributed by atoms with Crippen molar-refractivity contribution in [3.05, 3.63) is 35.1 Å². The maximum absolute atomic E-state index is 13.3. The van der Waals surface area contributed by atoms with Crippen LogP contribution in [-0.2, 0) is 6.54 Å². The molecule has 102 valence electrons. The topological polar surface area (TPSA) is 80.0 Å². The lowest BCUT2D eigenvalue weighted by molar-refractivity contribution is 0.330. The Balaban J connectivity index is 2.16. The van der Waals surface area contributed by atoms with Crippen molar-refractivity contribution < 1.29 is 4.39 Å². The number of nitrogens with zero attached hydrogens (tertiary/aromatic N) is 3. The van der Waals surface area contributed by atoms with E-state index in [1.54, 1.807) is 12.3 Å². The van der Waals surface area contributed by atoms with E-state index in [9.17, 15) is 4.39 Å². The summed E-state index contributed by atoms with van der Waals surface area (Å²) in [4.78, 5) is 2.30. The van der Waals surface area contributed by atoms with Crippen LogP contribution in [0.15, 0.2) is 28.4 Å². The summed E-state index contributed by atoms with van der Waals surface area (Å²) in [7, 11) is 0. The highest BCUT2D eigenvalue weighted by Crippen LogP contribution is 2.16. The fraction of sp³-hybridized carbons (Fsp3) is 0.385. The van der Waals surface area contributed by atoms with Gasteiger partial charge in [0.2, 0.25) is 5.96 Å². The maximum Gasteiger partial charge on any atom is 0.211 e. The van der Waals surface area contributed by atoms with Gasteiger partial charge in [0.15, 0.2) is 0 Å².